The minimum absolute atomic E-state index is 0.0910. The second kappa shape index (κ2) is 22.5. The lowest BCUT2D eigenvalue weighted by Gasteiger charge is -2.34. The molecule has 0 saturated carbocycles. The van der Waals surface area contributed by atoms with Crippen LogP contribution in [0.15, 0.2) is 68.9 Å². The molecule has 79 heavy (non-hydrogen) atoms. The molecule has 8 heterocycles. The van der Waals surface area contributed by atoms with Crippen LogP contribution < -0.4 is 31.6 Å². The van der Waals surface area contributed by atoms with Gasteiger partial charge in [0.05, 0.1) is 31.2 Å². The number of aromatic carboxylic acids is 1. The molecule has 0 spiro atoms. The number of imidazole rings is 2. The molecular weight excluding hydrogens is 1100 g/mol. The van der Waals surface area contributed by atoms with Crippen molar-refractivity contribution in [3.05, 3.63) is 111 Å². The van der Waals surface area contributed by atoms with Gasteiger partial charge in [0.2, 0.25) is 11.9 Å². The van der Waals surface area contributed by atoms with Crippen molar-refractivity contribution in [1.82, 2.24) is 38.9 Å². The van der Waals surface area contributed by atoms with Gasteiger partial charge in [-0.25, -0.2) is 29.1 Å². The Kier molecular flexibility index (Phi) is 16.1. The third-order valence-corrected chi connectivity index (χ3v) is 16.3. The summed E-state index contributed by atoms with van der Waals surface area (Å²) < 4.78 is 22.5. The fourth-order valence-electron chi connectivity index (χ4n) is 10.2. The lowest BCUT2D eigenvalue weighted by atomic mass is 10.1. The Balaban J connectivity index is 0.000000192. The van der Waals surface area contributed by atoms with Crippen molar-refractivity contribution in [2.24, 2.45) is 14.1 Å². The van der Waals surface area contributed by atoms with Gasteiger partial charge in [-0.3, -0.25) is 9.59 Å². The third-order valence-electron chi connectivity index (χ3n) is 13.6. The van der Waals surface area contributed by atoms with Gasteiger partial charge in [0.1, 0.15) is 43.0 Å². The van der Waals surface area contributed by atoms with Gasteiger partial charge in [0, 0.05) is 83.9 Å². The number of esters is 1. The normalized spacial score (nSPS) is 16.0. The maximum atomic E-state index is 13.9. The molecule has 2 saturated heterocycles. The van der Waals surface area contributed by atoms with Crippen molar-refractivity contribution in [3.8, 4) is 0 Å². The van der Waals surface area contributed by atoms with Gasteiger partial charge >= 0.3 is 24.1 Å². The van der Waals surface area contributed by atoms with Gasteiger partial charge < -0.3 is 58.0 Å². The second-order valence-electron chi connectivity index (χ2n) is 21.6. The maximum absolute atomic E-state index is 13.9. The predicted octanol–water partition coefficient (Wildman–Crippen LogP) is 9.77. The van der Waals surface area contributed by atoms with Crippen LogP contribution >= 0.6 is 45.9 Å². The SMILES string of the molecule is COC(=O)c1scc2c3nc(N4CCC[C@@H](NC(=O)OC(C)(C)C)C4)n(Cc4ccccc4Cl)c3c(=O)n(C)c12.Cn1c(=O)c2c(nc(N3CCC[C@@H](NC(=O)OC(C)(C)C)C3)n2Cc2ccccc2Cl)c2csc(C(=O)O)c21. The number of nitrogens with zero attached hydrogens (tertiary/aromatic N) is 8. The van der Waals surface area contributed by atoms with Crippen molar-refractivity contribution in [1.29, 1.82) is 0 Å². The highest BCUT2D eigenvalue weighted by molar-refractivity contribution is 7.14. The second-order valence-corrected chi connectivity index (χ2v) is 24.2. The van der Waals surface area contributed by atoms with Gasteiger partial charge in [-0.2, -0.15) is 0 Å². The largest absolute Gasteiger partial charge is 0.477 e. The number of aryl methyl sites for hydroxylation is 2. The van der Waals surface area contributed by atoms with Crippen LogP contribution in [0.4, 0.5) is 21.5 Å². The number of carboxylic acids is 1. The number of ether oxygens (including phenoxy) is 3. The van der Waals surface area contributed by atoms with Crippen LogP contribution in [0.2, 0.25) is 10.0 Å². The van der Waals surface area contributed by atoms with E-state index in [4.69, 9.17) is 47.4 Å². The molecule has 2 aromatic carbocycles. The lowest BCUT2D eigenvalue weighted by molar-refractivity contribution is 0.0488. The number of anilines is 2. The first-order valence-electron chi connectivity index (χ1n) is 25.7. The average Bonchev–Trinajstić information content (AvgIpc) is 4.30. The molecule has 0 aliphatic carbocycles. The first-order valence-corrected chi connectivity index (χ1v) is 28.2. The molecule has 2 fully saturated rings. The predicted molar refractivity (Wildman–Crippen MR) is 309 cm³/mol. The molecule has 0 unspecified atom stereocenters. The maximum Gasteiger partial charge on any atom is 0.407 e. The van der Waals surface area contributed by atoms with Crippen molar-refractivity contribution in [2.45, 2.75) is 104 Å². The van der Waals surface area contributed by atoms with E-state index in [1.165, 1.54) is 27.6 Å². The average molecular weight is 1160 g/mol. The summed E-state index contributed by atoms with van der Waals surface area (Å²) in [4.78, 5) is 91.5. The molecule has 2 aliphatic heterocycles. The van der Waals surface area contributed by atoms with E-state index in [0.717, 1.165) is 48.1 Å². The summed E-state index contributed by atoms with van der Waals surface area (Å²) in [7, 11) is 4.55. The molecule has 3 N–H and O–H groups in total. The number of piperidine rings is 2. The van der Waals surface area contributed by atoms with Crippen LogP contribution in [0, 0.1) is 0 Å². The van der Waals surface area contributed by atoms with Gasteiger partial charge in [-0.15, -0.1) is 22.7 Å². The lowest BCUT2D eigenvalue weighted by Crippen LogP contribution is -2.49. The summed E-state index contributed by atoms with van der Waals surface area (Å²) in [6, 6.07) is 14.6. The van der Waals surface area contributed by atoms with E-state index >= 15 is 0 Å². The number of carboxylic acid groups (broad SMARTS) is 1. The van der Waals surface area contributed by atoms with Crippen LogP contribution in [0.3, 0.4) is 0 Å². The number of benzene rings is 2. The fraction of sp³-hybridized carbons (Fsp3) is 0.418. The smallest absolute Gasteiger partial charge is 0.407 e. The minimum atomic E-state index is -1.09. The molecule has 2 atom stereocenters. The number of fused-ring (bicyclic) bond motifs is 6. The van der Waals surface area contributed by atoms with Crippen LogP contribution in [0.5, 0.6) is 0 Å². The summed E-state index contributed by atoms with van der Waals surface area (Å²) in [6.07, 6.45) is 2.24. The quantitative estimate of drug-likeness (QED) is 0.0856. The van der Waals surface area contributed by atoms with Crippen molar-refractivity contribution in [3.63, 3.8) is 0 Å². The number of thiophene rings is 2. The van der Waals surface area contributed by atoms with E-state index in [2.05, 4.69) is 20.4 Å². The van der Waals surface area contributed by atoms with Crippen LogP contribution in [0.25, 0.3) is 43.9 Å². The van der Waals surface area contributed by atoms with Gasteiger partial charge in [0.15, 0.2) is 0 Å². The van der Waals surface area contributed by atoms with E-state index in [0.29, 0.717) is 110 Å². The number of hydrogen-bond acceptors (Lipinski definition) is 15. The molecule has 24 heteroatoms. The molecule has 2 amide bonds. The third kappa shape index (κ3) is 11.8. The van der Waals surface area contributed by atoms with Crippen LogP contribution in [-0.2, 0) is 41.4 Å². The topological polar surface area (TPSA) is 226 Å². The first-order chi connectivity index (χ1) is 37.4. The zero-order valence-electron chi connectivity index (χ0n) is 45.3. The highest BCUT2D eigenvalue weighted by Gasteiger charge is 2.33. The summed E-state index contributed by atoms with van der Waals surface area (Å²) in [6.45, 7) is 13.9. The number of carbonyl (C=O) groups is 4. The zero-order chi connectivity index (χ0) is 56.8. The summed E-state index contributed by atoms with van der Waals surface area (Å²) >= 11 is 15.3. The number of carbonyl (C=O) groups excluding carboxylic acids is 3. The number of hydrogen-bond donors (Lipinski definition) is 3. The number of rotatable bonds is 10. The number of nitrogens with one attached hydrogen (secondary N) is 2. The number of methoxy groups -OCH3 is 1. The Morgan fingerprint density at radius 2 is 1.06 bits per heavy atom. The van der Waals surface area contributed by atoms with Crippen molar-refractivity contribution < 1.29 is 38.5 Å². The Bertz CT molecular complexity index is 3810. The number of alkyl carbamates (subject to hydrolysis) is 2. The monoisotopic (exact) mass is 1160 g/mol. The molecule has 418 valence electrons. The molecule has 20 nitrogen and oxygen atoms in total. The molecule has 2 aliphatic rings. The summed E-state index contributed by atoms with van der Waals surface area (Å²) in [5.41, 5.74) is 2.41. The van der Waals surface area contributed by atoms with Crippen molar-refractivity contribution in [2.75, 3.05) is 43.1 Å². The Labute approximate surface area is 472 Å². The first kappa shape index (κ1) is 56.6. The highest BCUT2D eigenvalue weighted by Crippen LogP contribution is 2.36. The Hall–Kier alpha value is -7.14. The standard InChI is InChI=1S/C28H32ClN5O5S.C27H30ClN5O5S/c1-28(2,3)39-27(37)30-17-10-8-12-33(14-17)26-31-20-18-15-40-23(25(36)38-5)21(18)32(4)24(35)22(20)34(26)13-16-9-6-7-11-19(16)29;1-27(2,3)38-26(37)29-16-9-7-11-32(13-16)25-30-19-17-14-39-22(24(35)36)20(17)31(4)23(34)21(19)33(25)12-15-8-5-6-10-18(15)28/h6-7,9,11,15,17H,8,10,12-14H2,1-5H3,(H,30,37);5-6,8,10,14,16H,7,9,11-13H2,1-4H3,(H,29,37)(H,35,36)/t17-;16-/m11/s1. The van der Waals surface area contributed by atoms with E-state index in [-0.39, 0.29) is 28.1 Å². The van der Waals surface area contributed by atoms with Gasteiger partial charge in [0.25, 0.3) is 11.1 Å². The Morgan fingerprint density at radius 1 is 0.658 bits per heavy atom. The Morgan fingerprint density at radius 3 is 1.46 bits per heavy atom. The number of pyridine rings is 2. The van der Waals surface area contributed by atoms with Crippen molar-refractivity contribution >= 4 is 126 Å². The molecule has 6 aromatic heterocycles. The molecule has 10 rings (SSSR count). The van der Waals surface area contributed by atoms with E-state index in [9.17, 15) is 33.9 Å². The van der Waals surface area contributed by atoms with Crippen LogP contribution in [-0.4, -0.2) is 114 Å². The molecule has 0 bridgehead atoms. The van der Waals surface area contributed by atoms with Gasteiger partial charge in [-0.05, 0) is 90.5 Å². The zero-order valence-corrected chi connectivity index (χ0v) is 48.4. The van der Waals surface area contributed by atoms with Crippen LogP contribution in [0.1, 0.15) is 97.7 Å². The summed E-state index contributed by atoms with van der Waals surface area (Å²) in [5.74, 6) is -0.432. The highest BCUT2D eigenvalue weighted by atomic mass is 35.5. The van der Waals surface area contributed by atoms with E-state index < -0.39 is 35.3 Å². The molecule has 0 radical (unpaired) electrons. The fourth-order valence-corrected chi connectivity index (χ4v) is 12.5. The number of amides is 2. The number of halogens is 2. The van der Waals surface area contributed by atoms with Gasteiger partial charge in [-0.1, -0.05) is 59.6 Å². The molecular formula is C55H62Cl2N10O10S2. The minimum Gasteiger partial charge on any atom is -0.477 e. The van der Waals surface area contributed by atoms with E-state index in [1.807, 2.05) is 98.5 Å². The van der Waals surface area contributed by atoms with E-state index in [1.54, 1.807) is 25.5 Å². The molecule has 8 aromatic rings. The summed E-state index contributed by atoms with van der Waals surface area (Å²) in [5, 5.41) is 21.7. The number of aromatic nitrogens is 6.